The maximum Gasteiger partial charge on any atom is 0.226 e. The second-order valence-electron chi connectivity index (χ2n) is 9.29. The van der Waals surface area contributed by atoms with Crippen LogP contribution in [0, 0.1) is 5.92 Å². The standard InChI is InChI=1S/C26H28N6O2/c1-17-16-30(14-15-31(17)25(33)19-6-5-7-19)26-27-22-9-4-3-8-21(22)24-29-28-23(32(24)26)18-10-12-20(34-2)13-11-18/h3-4,8-13,17,19H,5-7,14-16H2,1-2H3. The third-order valence-electron chi connectivity index (χ3n) is 7.22. The Morgan fingerprint density at radius 1 is 1.03 bits per heavy atom. The van der Waals surface area contributed by atoms with Crippen molar-refractivity contribution in [1.29, 1.82) is 0 Å². The summed E-state index contributed by atoms with van der Waals surface area (Å²) in [7, 11) is 1.66. The van der Waals surface area contributed by atoms with Gasteiger partial charge in [0.05, 0.1) is 12.6 Å². The molecule has 2 fully saturated rings. The number of hydrogen-bond donors (Lipinski definition) is 0. The molecular formula is C26H28N6O2. The van der Waals surface area contributed by atoms with Gasteiger partial charge in [-0.05, 0) is 56.2 Å². The molecule has 1 atom stereocenters. The number of para-hydroxylation sites is 1. The van der Waals surface area contributed by atoms with Gasteiger partial charge in [-0.25, -0.2) is 9.38 Å². The lowest BCUT2D eigenvalue weighted by molar-refractivity contribution is -0.140. The van der Waals surface area contributed by atoms with Crippen LogP contribution < -0.4 is 9.64 Å². The van der Waals surface area contributed by atoms with E-state index < -0.39 is 0 Å². The van der Waals surface area contributed by atoms with Crippen LogP contribution in [0.5, 0.6) is 5.75 Å². The van der Waals surface area contributed by atoms with E-state index in [0.29, 0.717) is 12.5 Å². The van der Waals surface area contributed by atoms with E-state index in [1.165, 1.54) is 6.42 Å². The molecular weight excluding hydrogens is 428 g/mol. The number of rotatable bonds is 4. The lowest BCUT2D eigenvalue weighted by Gasteiger charge is -2.43. The number of ether oxygens (including phenoxy) is 1. The monoisotopic (exact) mass is 456 g/mol. The summed E-state index contributed by atoms with van der Waals surface area (Å²) in [6.07, 6.45) is 3.24. The fourth-order valence-corrected chi connectivity index (χ4v) is 5.06. The van der Waals surface area contributed by atoms with Gasteiger partial charge in [-0.3, -0.25) is 4.79 Å². The second-order valence-corrected chi connectivity index (χ2v) is 9.29. The number of fused-ring (bicyclic) bond motifs is 3. The second kappa shape index (κ2) is 8.27. The fraction of sp³-hybridized carbons (Fsp3) is 0.385. The fourth-order valence-electron chi connectivity index (χ4n) is 5.06. The van der Waals surface area contributed by atoms with Crippen LogP contribution in [0.4, 0.5) is 5.95 Å². The van der Waals surface area contributed by atoms with Gasteiger partial charge < -0.3 is 14.5 Å². The highest BCUT2D eigenvalue weighted by molar-refractivity contribution is 5.93. The van der Waals surface area contributed by atoms with E-state index in [1.54, 1.807) is 7.11 Å². The lowest BCUT2D eigenvalue weighted by Crippen LogP contribution is -2.56. The number of amides is 1. The minimum atomic E-state index is 0.117. The number of benzene rings is 2. The molecule has 2 aromatic carbocycles. The van der Waals surface area contributed by atoms with Crippen molar-refractivity contribution in [1.82, 2.24) is 24.5 Å². The highest BCUT2D eigenvalue weighted by atomic mass is 16.5. The van der Waals surface area contributed by atoms with Gasteiger partial charge in [0.25, 0.3) is 0 Å². The molecule has 1 amide bonds. The Bertz CT molecular complexity index is 1360. The Labute approximate surface area is 198 Å². The Kier molecular flexibility index (Phi) is 5.08. The predicted molar refractivity (Wildman–Crippen MR) is 131 cm³/mol. The van der Waals surface area contributed by atoms with Crippen LogP contribution >= 0.6 is 0 Å². The molecule has 6 rings (SSSR count). The van der Waals surface area contributed by atoms with Crippen LogP contribution in [-0.4, -0.2) is 63.2 Å². The van der Waals surface area contributed by atoms with Crippen molar-refractivity contribution < 1.29 is 9.53 Å². The van der Waals surface area contributed by atoms with E-state index in [4.69, 9.17) is 9.72 Å². The molecule has 0 radical (unpaired) electrons. The van der Waals surface area contributed by atoms with Crippen molar-refractivity contribution in [2.75, 3.05) is 31.6 Å². The van der Waals surface area contributed by atoms with Crippen LogP contribution in [-0.2, 0) is 4.79 Å². The summed E-state index contributed by atoms with van der Waals surface area (Å²) in [5, 5.41) is 10.1. The molecule has 174 valence electrons. The van der Waals surface area contributed by atoms with Crippen LogP contribution in [0.1, 0.15) is 26.2 Å². The molecule has 0 spiro atoms. The molecule has 4 aromatic rings. The molecule has 0 N–H and O–H groups in total. The minimum absolute atomic E-state index is 0.117. The van der Waals surface area contributed by atoms with Crippen molar-refractivity contribution in [2.24, 2.45) is 5.92 Å². The highest BCUT2D eigenvalue weighted by Gasteiger charge is 2.35. The van der Waals surface area contributed by atoms with E-state index in [-0.39, 0.29) is 12.0 Å². The van der Waals surface area contributed by atoms with Gasteiger partial charge in [0, 0.05) is 42.5 Å². The average molecular weight is 457 g/mol. The summed E-state index contributed by atoms with van der Waals surface area (Å²) in [5.41, 5.74) is 2.62. The molecule has 8 heteroatoms. The van der Waals surface area contributed by atoms with E-state index in [0.717, 1.165) is 65.6 Å². The van der Waals surface area contributed by atoms with Crippen LogP contribution in [0.3, 0.4) is 0 Å². The van der Waals surface area contributed by atoms with E-state index in [9.17, 15) is 4.79 Å². The van der Waals surface area contributed by atoms with Gasteiger partial charge >= 0.3 is 0 Å². The summed E-state index contributed by atoms with van der Waals surface area (Å²) < 4.78 is 7.38. The maximum atomic E-state index is 12.9. The first-order valence-electron chi connectivity index (χ1n) is 12.0. The zero-order valence-corrected chi connectivity index (χ0v) is 19.5. The molecule has 1 saturated heterocycles. The Balaban J connectivity index is 1.43. The molecule has 1 aliphatic carbocycles. The minimum Gasteiger partial charge on any atom is -0.497 e. The largest absolute Gasteiger partial charge is 0.497 e. The van der Waals surface area contributed by atoms with Crippen LogP contribution in [0.25, 0.3) is 27.9 Å². The van der Waals surface area contributed by atoms with Gasteiger partial charge in [-0.1, -0.05) is 18.6 Å². The van der Waals surface area contributed by atoms with Crippen molar-refractivity contribution in [3.05, 3.63) is 48.5 Å². The predicted octanol–water partition coefficient (Wildman–Crippen LogP) is 3.79. The molecule has 1 saturated carbocycles. The molecule has 2 aromatic heterocycles. The quantitative estimate of drug-likeness (QED) is 0.465. The Hall–Kier alpha value is -3.68. The van der Waals surface area contributed by atoms with E-state index >= 15 is 0 Å². The average Bonchev–Trinajstić information content (AvgIpc) is 3.28. The highest BCUT2D eigenvalue weighted by Crippen LogP contribution is 2.32. The van der Waals surface area contributed by atoms with Gasteiger partial charge in [0.1, 0.15) is 5.75 Å². The van der Waals surface area contributed by atoms with Crippen LogP contribution in [0.15, 0.2) is 48.5 Å². The molecule has 34 heavy (non-hydrogen) atoms. The third-order valence-corrected chi connectivity index (χ3v) is 7.22. The molecule has 1 aliphatic heterocycles. The number of carbonyl (C=O) groups excluding carboxylic acids is 1. The number of aromatic nitrogens is 4. The number of hydrogen-bond acceptors (Lipinski definition) is 6. The summed E-state index contributed by atoms with van der Waals surface area (Å²) in [5.74, 6) is 2.89. The molecule has 3 heterocycles. The molecule has 8 nitrogen and oxygen atoms in total. The first kappa shape index (κ1) is 20.9. The van der Waals surface area contributed by atoms with Gasteiger partial charge in [0.15, 0.2) is 11.5 Å². The number of carbonyl (C=O) groups is 1. The van der Waals surface area contributed by atoms with E-state index in [1.807, 2.05) is 48.5 Å². The third kappa shape index (κ3) is 3.36. The summed E-state index contributed by atoms with van der Waals surface area (Å²) in [4.78, 5) is 22.3. The zero-order chi connectivity index (χ0) is 23.2. The first-order valence-corrected chi connectivity index (χ1v) is 12.0. The van der Waals surface area contributed by atoms with Gasteiger partial charge in [0.2, 0.25) is 11.9 Å². The Morgan fingerprint density at radius 3 is 2.53 bits per heavy atom. The normalized spacial score (nSPS) is 18.9. The lowest BCUT2D eigenvalue weighted by atomic mass is 9.84. The van der Waals surface area contributed by atoms with E-state index in [2.05, 4.69) is 31.3 Å². The maximum absolute atomic E-state index is 12.9. The summed E-state index contributed by atoms with van der Waals surface area (Å²) in [6.45, 7) is 4.28. The molecule has 1 unspecified atom stereocenters. The number of piperazine rings is 1. The first-order chi connectivity index (χ1) is 16.6. The van der Waals surface area contributed by atoms with Crippen molar-refractivity contribution in [3.63, 3.8) is 0 Å². The van der Waals surface area contributed by atoms with Crippen molar-refractivity contribution in [3.8, 4) is 17.1 Å². The topological polar surface area (TPSA) is 75.9 Å². The summed E-state index contributed by atoms with van der Waals surface area (Å²) in [6, 6.07) is 16.0. The van der Waals surface area contributed by atoms with Gasteiger partial charge in [-0.2, -0.15) is 0 Å². The smallest absolute Gasteiger partial charge is 0.226 e. The summed E-state index contributed by atoms with van der Waals surface area (Å²) >= 11 is 0. The Morgan fingerprint density at radius 2 is 1.82 bits per heavy atom. The molecule has 0 bridgehead atoms. The van der Waals surface area contributed by atoms with Crippen molar-refractivity contribution in [2.45, 2.75) is 32.2 Å². The number of methoxy groups -OCH3 is 1. The number of nitrogens with zero attached hydrogens (tertiary/aromatic N) is 6. The van der Waals surface area contributed by atoms with Gasteiger partial charge in [-0.15, -0.1) is 10.2 Å². The SMILES string of the molecule is COc1ccc(-c2nnc3c4ccccc4nc(N4CCN(C(=O)C5CCC5)C(C)C4)n23)cc1. The zero-order valence-electron chi connectivity index (χ0n) is 19.5. The van der Waals surface area contributed by atoms with Crippen molar-refractivity contribution >= 4 is 28.4 Å². The number of anilines is 1. The van der Waals surface area contributed by atoms with Crippen LogP contribution in [0.2, 0.25) is 0 Å². The molecule has 2 aliphatic rings.